The molecule has 4 heteroatoms. The number of unbranched alkanes of at least 4 members (excludes halogenated alkanes) is 9. The van der Waals surface area contributed by atoms with Crippen LogP contribution in [-0.4, -0.2) is 22.6 Å². The van der Waals surface area contributed by atoms with E-state index in [1.165, 1.54) is 12.8 Å². The molecule has 127 valence electrons. The Hall–Kier alpha value is -1.19. The van der Waals surface area contributed by atoms with Crippen molar-refractivity contribution in [3.8, 4) is 0 Å². The summed E-state index contributed by atoms with van der Waals surface area (Å²) < 4.78 is 0. The van der Waals surface area contributed by atoms with Gasteiger partial charge in [-0.1, -0.05) is 51.9 Å². The van der Waals surface area contributed by atoms with E-state index >= 15 is 0 Å². The number of Topliss-reactive ketones (excluding diaryl/α,β-unsaturated/α-hetero) is 2. The van der Waals surface area contributed by atoms with Gasteiger partial charge >= 0.3 is 5.97 Å². The molecule has 0 spiro atoms. The van der Waals surface area contributed by atoms with Crippen molar-refractivity contribution in [2.24, 2.45) is 0 Å². The SMILES string of the molecule is CCCCCCCC(=O)C(=O)C[CH]CCCCCCC(=O)O. The van der Waals surface area contributed by atoms with E-state index in [0.29, 0.717) is 12.8 Å². The minimum atomic E-state index is -0.745. The maximum Gasteiger partial charge on any atom is 0.303 e. The maximum absolute atomic E-state index is 11.6. The van der Waals surface area contributed by atoms with Crippen molar-refractivity contribution >= 4 is 17.5 Å². The molecule has 0 saturated heterocycles. The lowest BCUT2D eigenvalue weighted by Crippen LogP contribution is -2.13. The lowest BCUT2D eigenvalue weighted by molar-refractivity contribution is -0.137. The molecule has 0 aliphatic rings. The van der Waals surface area contributed by atoms with Crippen molar-refractivity contribution in [3.63, 3.8) is 0 Å². The number of rotatable bonds is 16. The first-order valence-electron chi connectivity index (χ1n) is 8.67. The smallest absolute Gasteiger partial charge is 0.303 e. The Kier molecular flexibility index (Phi) is 13.9. The minimum Gasteiger partial charge on any atom is -0.481 e. The second-order valence-electron chi connectivity index (χ2n) is 5.85. The molecule has 22 heavy (non-hydrogen) atoms. The second-order valence-corrected chi connectivity index (χ2v) is 5.85. The van der Waals surface area contributed by atoms with E-state index in [-0.39, 0.29) is 24.4 Å². The fourth-order valence-corrected chi connectivity index (χ4v) is 2.29. The zero-order valence-electron chi connectivity index (χ0n) is 13.9. The van der Waals surface area contributed by atoms with Crippen molar-refractivity contribution in [1.29, 1.82) is 0 Å². The highest BCUT2D eigenvalue weighted by atomic mass is 16.4. The summed E-state index contributed by atoms with van der Waals surface area (Å²) in [5.74, 6) is -1.24. The highest BCUT2D eigenvalue weighted by Crippen LogP contribution is 2.10. The Labute approximate surface area is 134 Å². The summed E-state index contributed by atoms with van der Waals surface area (Å²) in [5.41, 5.74) is 0. The Bertz CT molecular complexity index is 323. The molecule has 4 nitrogen and oxygen atoms in total. The Morgan fingerprint density at radius 3 is 2.00 bits per heavy atom. The van der Waals surface area contributed by atoms with Crippen LogP contribution in [0.2, 0.25) is 0 Å². The second kappa shape index (κ2) is 14.7. The van der Waals surface area contributed by atoms with Crippen molar-refractivity contribution in [2.45, 2.75) is 90.4 Å². The van der Waals surface area contributed by atoms with Crippen LogP contribution in [0, 0.1) is 6.42 Å². The average Bonchev–Trinajstić information content (AvgIpc) is 2.48. The molecule has 0 aliphatic heterocycles. The molecular formula is C18H31O4. The molecule has 0 amide bonds. The van der Waals surface area contributed by atoms with Gasteiger partial charge in [-0.15, -0.1) is 0 Å². The van der Waals surface area contributed by atoms with Gasteiger partial charge in [0.25, 0.3) is 0 Å². The number of carboxylic acids is 1. The maximum atomic E-state index is 11.6. The van der Waals surface area contributed by atoms with Crippen molar-refractivity contribution < 1.29 is 19.5 Å². The van der Waals surface area contributed by atoms with Crippen LogP contribution in [0.5, 0.6) is 0 Å². The Balaban J connectivity index is 3.40. The molecule has 0 atom stereocenters. The Morgan fingerprint density at radius 1 is 0.773 bits per heavy atom. The number of carbonyl (C=O) groups excluding carboxylic acids is 2. The molecule has 0 rings (SSSR count). The van der Waals surface area contributed by atoms with Gasteiger partial charge in [0.2, 0.25) is 0 Å². The first-order chi connectivity index (χ1) is 10.6. The van der Waals surface area contributed by atoms with Crippen molar-refractivity contribution in [2.75, 3.05) is 0 Å². The van der Waals surface area contributed by atoms with Crippen LogP contribution < -0.4 is 0 Å². The number of ketones is 2. The van der Waals surface area contributed by atoms with Crippen molar-refractivity contribution in [3.05, 3.63) is 6.42 Å². The summed E-state index contributed by atoms with van der Waals surface area (Å²) in [6.45, 7) is 2.15. The first-order valence-corrected chi connectivity index (χ1v) is 8.67. The van der Waals surface area contributed by atoms with Gasteiger partial charge in [0, 0.05) is 19.3 Å². The van der Waals surface area contributed by atoms with Crippen LogP contribution >= 0.6 is 0 Å². The quantitative estimate of drug-likeness (QED) is 0.336. The largest absolute Gasteiger partial charge is 0.481 e. The highest BCUT2D eigenvalue weighted by molar-refractivity contribution is 6.37. The molecule has 1 radical (unpaired) electrons. The van der Waals surface area contributed by atoms with E-state index in [9.17, 15) is 14.4 Å². The predicted octanol–water partition coefficient (Wildman–Crippen LogP) is 4.50. The van der Waals surface area contributed by atoms with Gasteiger partial charge in [-0.3, -0.25) is 14.4 Å². The standard InChI is InChI=1S/C18H31O4/c1-2-3-4-7-10-13-16(19)17(20)14-11-8-5-6-9-12-15-18(21)22/h11H,2-10,12-15H2,1H3,(H,21,22). The third-order valence-corrected chi connectivity index (χ3v) is 3.70. The van der Waals surface area contributed by atoms with E-state index in [1.54, 1.807) is 0 Å². The van der Waals surface area contributed by atoms with Gasteiger partial charge in [0.1, 0.15) is 0 Å². The summed E-state index contributed by atoms with van der Waals surface area (Å²) in [6.07, 6.45) is 12.5. The van der Waals surface area contributed by atoms with E-state index in [0.717, 1.165) is 44.9 Å². The molecule has 0 bridgehead atoms. The van der Waals surface area contributed by atoms with Gasteiger partial charge in [-0.25, -0.2) is 0 Å². The van der Waals surface area contributed by atoms with Gasteiger partial charge in [0.05, 0.1) is 0 Å². The monoisotopic (exact) mass is 311 g/mol. The molecule has 0 aliphatic carbocycles. The highest BCUT2D eigenvalue weighted by Gasteiger charge is 2.12. The molecule has 0 aromatic rings. The normalized spacial score (nSPS) is 10.6. The summed E-state index contributed by atoms with van der Waals surface area (Å²) >= 11 is 0. The number of hydrogen-bond acceptors (Lipinski definition) is 3. The summed E-state index contributed by atoms with van der Waals surface area (Å²) in [5, 5.41) is 8.50. The topological polar surface area (TPSA) is 71.4 Å². The molecular weight excluding hydrogens is 280 g/mol. The minimum absolute atomic E-state index is 0.228. The molecule has 0 saturated carbocycles. The first kappa shape index (κ1) is 20.8. The van der Waals surface area contributed by atoms with Gasteiger partial charge in [0.15, 0.2) is 11.6 Å². The number of hydrogen-bond donors (Lipinski definition) is 1. The van der Waals surface area contributed by atoms with E-state index in [2.05, 4.69) is 6.92 Å². The Morgan fingerprint density at radius 2 is 1.36 bits per heavy atom. The van der Waals surface area contributed by atoms with Gasteiger partial charge in [-0.2, -0.15) is 0 Å². The molecule has 0 aromatic carbocycles. The summed E-state index contributed by atoms with van der Waals surface area (Å²) in [7, 11) is 0. The number of carboxylic acid groups (broad SMARTS) is 1. The molecule has 0 unspecified atom stereocenters. The zero-order chi connectivity index (χ0) is 16.6. The zero-order valence-corrected chi connectivity index (χ0v) is 13.9. The summed E-state index contributed by atoms with van der Waals surface area (Å²) in [4.78, 5) is 33.6. The van der Waals surface area contributed by atoms with Crippen LogP contribution in [0.15, 0.2) is 0 Å². The van der Waals surface area contributed by atoms with Crippen LogP contribution in [0.1, 0.15) is 90.4 Å². The van der Waals surface area contributed by atoms with E-state index in [1.807, 2.05) is 6.42 Å². The fourth-order valence-electron chi connectivity index (χ4n) is 2.29. The van der Waals surface area contributed by atoms with Crippen LogP contribution in [0.4, 0.5) is 0 Å². The van der Waals surface area contributed by atoms with E-state index < -0.39 is 5.97 Å². The molecule has 0 aromatic heterocycles. The average molecular weight is 311 g/mol. The van der Waals surface area contributed by atoms with Gasteiger partial charge < -0.3 is 5.11 Å². The number of aliphatic carboxylic acids is 1. The lowest BCUT2D eigenvalue weighted by Gasteiger charge is -2.02. The predicted molar refractivity (Wildman–Crippen MR) is 87.6 cm³/mol. The fraction of sp³-hybridized carbons (Fsp3) is 0.778. The van der Waals surface area contributed by atoms with Crippen LogP contribution in [0.25, 0.3) is 0 Å². The van der Waals surface area contributed by atoms with E-state index in [4.69, 9.17) is 5.11 Å². The lowest BCUT2D eigenvalue weighted by atomic mass is 10.0. The molecule has 0 fully saturated rings. The van der Waals surface area contributed by atoms with Crippen LogP contribution in [0.3, 0.4) is 0 Å². The third-order valence-electron chi connectivity index (χ3n) is 3.70. The molecule has 0 heterocycles. The van der Waals surface area contributed by atoms with Gasteiger partial charge in [-0.05, 0) is 25.7 Å². The third kappa shape index (κ3) is 13.8. The number of carbonyl (C=O) groups is 3. The van der Waals surface area contributed by atoms with Crippen molar-refractivity contribution in [1.82, 2.24) is 0 Å². The van der Waals surface area contributed by atoms with Crippen LogP contribution in [-0.2, 0) is 14.4 Å². The summed E-state index contributed by atoms with van der Waals surface area (Å²) in [6, 6.07) is 0. The molecule has 1 N–H and O–H groups in total.